The number of benzene rings is 1. The summed E-state index contributed by atoms with van der Waals surface area (Å²) in [6.07, 6.45) is -2.78. The number of aliphatic hydroxyl groups is 1. The molecule has 1 N–H and O–H groups in total. The van der Waals surface area contributed by atoms with E-state index in [-0.39, 0.29) is 23.8 Å². The molecule has 0 saturated carbocycles. The molecular weight excluding hydrogens is 371 g/mol. The third kappa shape index (κ3) is 3.68. The Morgan fingerprint density at radius 1 is 1.39 bits per heavy atom. The zero-order chi connectivity index (χ0) is 20.5. The number of carbonyl (C=O) groups is 1. The van der Waals surface area contributed by atoms with E-state index in [1.165, 1.54) is 12.1 Å². The molecular formula is C20H24F3N3O2. The highest BCUT2D eigenvalue weighted by Crippen LogP contribution is 2.44. The standard InChI is InChI=1S/C20H24F3N3O2/c1-2-3-18(28)26-11-15-10-25(7-6-19(15,12-26)13-27)16-5-4-14(9-24)17(8-16)20(21,22)23/h4-5,8,15,27H,2-3,6-7,10-13H2,1H3/t15-,19+/m1/s1. The molecule has 0 aromatic heterocycles. The van der Waals surface area contributed by atoms with Crippen LogP contribution >= 0.6 is 0 Å². The summed E-state index contributed by atoms with van der Waals surface area (Å²) in [6.45, 7) is 3.88. The Kier molecular flexibility index (Phi) is 5.57. The first-order chi connectivity index (χ1) is 13.2. The number of amides is 1. The molecule has 2 atom stereocenters. The first kappa shape index (κ1) is 20.5. The SMILES string of the molecule is CCCC(=O)N1C[C@H]2CN(c3ccc(C#N)c(C(F)(F)F)c3)CC[C@@]2(CO)C1. The predicted octanol–water partition coefficient (Wildman–Crippen LogP) is 3.02. The Morgan fingerprint density at radius 2 is 2.14 bits per heavy atom. The van der Waals surface area contributed by atoms with E-state index in [4.69, 9.17) is 5.26 Å². The molecule has 0 radical (unpaired) electrons. The molecule has 152 valence electrons. The third-order valence-electron chi connectivity index (χ3n) is 6.06. The van der Waals surface area contributed by atoms with Crippen LogP contribution in [0.2, 0.25) is 0 Å². The molecule has 2 fully saturated rings. The number of nitriles is 1. The summed E-state index contributed by atoms with van der Waals surface area (Å²) in [5, 5.41) is 19.0. The minimum atomic E-state index is -4.59. The number of carbonyl (C=O) groups excluding carboxylic acids is 1. The van der Waals surface area contributed by atoms with Crippen LogP contribution in [0.4, 0.5) is 18.9 Å². The average Bonchev–Trinajstić information content (AvgIpc) is 3.06. The van der Waals surface area contributed by atoms with Crippen LogP contribution in [-0.2, 0) is 11.0 Å². The van der Waals surface area contributed by atoms with Gasteiger partial charge >= 0.3 is 6.18 Å². The van der Waals surface area contributed by atoms with E-state index in [2.05, 4.69) is 0 Å². The quantitative estimate of drug-likeness (QED) is 0.851. The summed E-state index contributed by atoms with van der Waals surface area (Å²) in [7, 11) is 0. The Bertz CT molecular complexity index is 790. The summed E-state index contributed by atoms with van der Waals surface area (Å²) in [6, 6.07) is 5.37. The fraction of sp³-hybridized carbons (Fsp3) is 0.600. The molecule has 8 heteroatoms. The molecule has 2 aliphatic heterocycles. The van der Waals surface area contributed by atoms with Crippen LogP contribution in [0.5, 0.6) is 0 Å². The summed E-state index contributed by atoms with van der Waals surface area (Å²) < 4.78 is 39.8. The van der Waals surface area contributed by atoms with E-state index in [0.717, 1.165) is 12.5 Å². The first-order valence-corrected chi connectivity index (χ1v) is 9.49. The van der Waals surface area contributed by atoms with Gasteiger partial charge in [-0.3, -0.25) is 4.79 Å². The zero-order valence-electron chi connectivity index (χ0n) is 15.8. The van der Waals surface area contributed by atoms with Crippen molar-refractivity contribution < 1.29 is 23.1 Å². The summed E-state index contributed by atoms with van der Waals surface area (Å²) in [5.74, 6) is 0.0611. The number of rotatable bonds is 4. The monoisotopic (exact) mass is 395 g/mol. The number of likely N-dealkylation sites (tertiary alicyclic amines) is 1. The molecule has 2 aliphatic rings. The van der Waals surface area contributed by atoms with E-state index in [0.29, 0.717) is 44.7 Å². The van der Waals surface area contributed by atoms with Crippen LogP contribution in [0.15, 0.2) is 18.2 Å². The number of fused-ring (bicyclic) bond motifs is 1. The van der Waals surface area contributed by atoms with Crippen LogP contribution in [0, 0.1) is 22.7 Å². The van der Waals surface area contributed by atoms with Gasteiger partial charge in [-0.2, -0.15) is 18.4 Å². The number of alkyl halides is 3. The number of hydrogen-bond donors (Lipinski definition) is 1. The molecule has 1 aromatic rings. The Balaban J connectivity index is 1.83. The fourth-order valence-electron chi connectivity index (χ4n) is 4.40. The van der Waals surface area contributed by atoms with Gasteiger partial charge in [0.2, 0.25) is 5.91 Å². The summed E-state index contributed by atoms with van der Waals surface area (Å²) in [4.78, 5) is 15.9. The van der Waals surface area contributed by atoms with E-state index >= 15 is 0 Å². The Labute approximate surface area is 162 Å². The molecule has 2 saturated heterocycles. The molecule has 1 amide bonds. The molecule has 28 heavy (non-hydrogen) atoms. The van der Waals surface area contributed by atoms with Crippen LogP contribution in [-0.4, -0.2) is 48.7 Å². The van der Waals surface area contributed by atoms with Crippen molar-refractivity contribution in [1.82, 2.24) is 4.90 Å². The van der Waals surface area contributed by atoms with Crippen molar-refractivity contribution >= 4 is 11.6 Å². The normalized spacial score (nSPS) is 24.8. The van der Waals surface area contributed by atoms with Crippen LogP contribution in [0.3, 0.4) is 0 Å². The van der Waals surface area contributed by atoms with Crippen molar-refractivity contribution in [3.8, 4) is 6.07 Å². The Hall–Kier alpha value is -2.27. The smallest absolute Gasteiger partial charge is 0.396 e. The van der Waals surface area contributed by atoms with Gasteiger partial charge in [-0.25, -0.2) is 0 Å². The minimum absolute atomic E-state index is 0.00274. The maximum atomic E-state index is 13.3. The molecule has 0 bridgehead atoms. The topological polar surface area (TPSA) is 67.6 Å². The van der Waals surface area contributed by atoms with Crippen molar-refractivity contribution in [3.63, 3.8) is 0 Å². The summed E-state index contributed by atoms with van der Waals surface area (Å²) >= 11 is 0. The van der Waals surface area contributed by atoms with E-state index in [1.54, 1.807) is 11.0 Å². The van der Waals surface area contributed by atoms with Crippen LogP contribution in [0.25, 0.3) is 0 Å². The number of halogens is 3. The molecule has 0 spiro atoms. The number of piperidine rings is 1. The molecule has 5 nitrogen and oxygen atoms in total. The van der Waals surface area contributed by atoms with Gasteiger partial charge in [0.15, 0.2) is 0 Å². The average molecular weight is 395 g/mol. The predicted molar refractivity (Wildman–Crippen MR) is 97.5 cm³/mol. The van der Waals surface area contributed by atoms with Crippen molar-refractivity contribution in [1.29, 1.82) is 5.26 Å². The van der Waals surface area contributed by atoms with Gasteiger partial charge in [-0.15, -0.1) is 0 Å². The van der Waals surface area contributed by atoms with Gasteiger partial charge in [-0.1, -0.05) is 6.92 Å². The van der Waals surface area contributed by atoms with Crippen molar-refractivity contribution in [3.05, 3.63) is 29.3 Å². The lowest BCUT2D eigenvalue weighted by molar-refractivity contribution is -0.137. The second-order valence-electron chi connectivity index (χ2n) is 7.78. The van der Waals surface area contributed by atoms with Gasteiger partial charge in [0, 0.05) is 49.6 Å². The maximum Gasteiger partial charge on any atom is 0.417 e. The largest absolute Gasteiger partial charge is 0.417 e. The highest BCUT2D eigenvalue weighted by atomic mass is 19.4. The lowest BCUT2D eigenvalue weighted by Gasteiger charge is -2.43. The Morgan fingerprint density at radius 3 is 2.75 bits per heavy atom. The number of nitrogens with zero attached hydrogens (tertiary/aromatic N) is 3. The lowest BCUT2D eigenvalue weighted by Crippen LogP contribution is -2.49. The maximum absolute atomic E-state index is 13.3. The van der Waals surface area contributed by atoms with E-state index in [1.807, 2.05) is 11.8 Å². The molecule has 1 aromatic carbocycles. The molecule has 0 unspecified atom stereocenters. The highest BCUT2D eigenvalue weighted by molar-refractivity contribution is 5.76. The van der Waals surface area contributed by atoms with Crippen molar-refractivity contribution in [2.24, 2.45) is 11.3 Å². The highest BCUT2D eigenvalue weighted by Gasteiger charge is 2.50. The molecule has 2 heterocycles. The third-order valence-corrected chi connectivity index (χ3v) is 6.06. The van der Waals surface area contributed by atoms with Gasteiger partial charge < -0.3 is 14.9 Å². The summed E-state index contributed by atoms with van der Waals surface area (Å²) in [5.41, 5.74) is -1.30. The van der Waals surface area contributed by atoms with Gasteiger partial charge in [0.25, 0.3) is 0 Å². The molecule has 3 rings (SSSR count). The second-order valence-corrected chi connectivity index (χ2v) is 7.78. The van der Waals surface area contributed by atoms with Gasteiger partial charge in [0.05, 0.1) is 23.8 Å². The second kappa shape index (κ2) is 7.63. The first-order valence-electron chi connectivity index (χ1n) is 9.49. The number of aliphatic hydroxyl groups excluding tert-OH is 1. The van der Waals surface area contributed by atoms with Gasteiger partial charge in [-0.05, 0) is 31.0 Å². The fourth-order valence-corrected chi connectivity index (χ4v) is 4.40. The lowest BCUT2D eigenvalue weighted by atomic mass is 9.73. The van der Waals surface area contributed by atoms with Crippen LogP contribution in [0.1, 0.15) is 37.3 Å². The van der Waals surface area contributed by atoms with E-state index in [9.17, 15) is 23.1 Å². The zero-order valence-corrected chi connectivity index (χ0v) is 15.8. The van der Waals surface area contributed by atoms with E-state index < -0.39 is 17.3 Å². The van der Waals surface area contributed by atoms with Crippen LogP contribution < -0.4 is 4.90 Å². The minimum Gasteiger partial charge on any atom is -0.396 e. The molecule has 0 aliphatic carbocycles. The van der Waals surface area contributed by atoms with Gasteiger partial charge in [0.1, 0.15) is 0 Å². The number of anilines is 1. The van der Waals surface area contributed by atoms with Crippen molar-refractivity contribution in [2.45, 2.75) is 32.4 Å². The van der Waals surface area contributed by atoms with Crippen molar-refractivity contribution in [2.75, 3.05) is 37.7 Å². The number of hydrogen-bond acceptors (Lipinski definition) is 4.